The topological polar surface area (TPSA) is 49.3 Å². The van der Waals surface area contributed by atoms with E-state index in [0.29, 0.717) is 6.54 Å². The van der Waals surface area contributed by atoms with Gasteiger partial charge in [0.05, 0.1) is 0 Å². The van der Waals surface area contributed by atoms with Crippen LogP contribution in [0.4, 0.5) is 0 Å². The number of hydrogen-bond acceptors (Lipinski definition) is 2. The van der Waals surface area contributed by atoms with Gasteiger partial charge in [0.1, 0.15) is 6.10 Å². The largest absolute Gasteiger partial charge is 0.383 e. The van der Waals surface area contributed by atoms with E-state index < -0.39 is 6.10 Å². The predicted octanol–water partition coefficient (Wildman–Crippen LogP) is 1.70. The maximum atomic E-state index is 11.5. The van der Waals surface area contributed by atoms with Gasteiger partial charge in [-0.15, -0.1) is 0 Å². The Hall–Kier alpha value is -0.570. The first-order valence-corrected chi connectivity index (χ1v) is 5.90. The number of carbonyl (C=O) groups excluding carboxylic acids is 1. The molecular weight excluding hydrogens is 190 g/mol. The second kappa shape index (κ2) is 4.97. The lowest BCUT2D eigenvalue weighted by atomic mass is 9.89. The molecule has 1 fully saturated rings. The van der Waals surface area contributed by atoms with Crippen LogP contribution in [0.3, 0.4) is 0 Å². The van der Waals surface area contributed by atoms with E-state index in [-0.39, 0.29) is 17.2 Å². The van der Waals surface area contributed by atoms with Crippen LogP contribution in [0.15, 0.2) is 0 Å². The summed E-state index contributed by atoms with van der Waals surface area (Å²) in [5, 5.41) is 12.4. The van der Waals surface area contributed by atoms with Gasteiger partial charge >= 0.3 is 0 Å². The van der Waals surface area contributed by atoms with Crippen molar-refractivity contribution < 1.29 is 9.90 Å². The van der Waals surface area contributed by atoms with Crippen LogP contribution in [-0.4, -0.2) is 23.7 Å². The minimum atomic E-state index is -0.866. The van der Waals surface area contributed by atoms with Crippen LogP contribution in [0, 0.1) is 11.3 Å². The third-order valence-electron chi connectivity index (χ3n) is 3.40. The van der Waals surface area contributed by atoms with E-state index in [0.717, 1.165) is 0 Å². The average Bonchev–Trinajstić information content (AvgIpc) is 2.61. The van der Waals surface area contributed by atoms with E-state index >= 15 is 0 Å². The fourth-order valence-electron chi connectivity index (χ4n) is 2.11. The van der Waals surface area contributed by atoms with Gasteiger partial charge in [-0.05, 0) is 24.2 Å². The molecule has 0 unspecified atom stereocenters. The average molecular weight is 213 g/mol. The molecule has 0 heterocycles. The van der Waals surface area contributed by atoms with Gasteiger partial charge in [-0.1, -0.05) is 33.6 Å². The van der Waals surface area contributed by atoms with Gasteiger partial charge in [0.2, 0.25) is 5.91 Å². The van der Waals surface area contributed by atoms with Crippen molar-refractivity contribution in [3.8, 4) is 0 Å². The third kappa shape index (κ3) is 3.49. The molecule has 1 aliphatic carbocycles. The maximum Gasteiger partial charge on any atom is 0.249 e. The highest BCUT2D eigenvalue weighted by molar-refractivity contribution is 5.80. The molecule has 1 aliphatic rings. The van der Waals surface area contributed by atoms with Crippen LogP contribution in [0.2, 0.25) is 0 Å². The Bertz CT molecular complexity index is 220. The monoisotopic (exact) mass is 213 g/mol. The summed E-state index contributed by atoms with van der Waals surface area (Å²) in [5.41, 5.74) is 0.256. The van der Waals surface area contributed by atoms with Crippen molar-refractivity contribution in [1.29, 1.82) is 0 Å². The zero-order chi connectivity index (χ0) is 11.5. The molecule has 0 aromatic rings. The third-order valence-corrected chi connectivity index (χ3v) is 3.40. The Balaban J connectivity index is 2.33. The first-order valence-electron chi connectivity index (χ1n) is 5.90. The molecular formula is C12H23NO2. The summed E-state index contributed by atoms with van der Waals surface area (Å²) in [7, 11) is 0. The van der Waals surface area contributed by atoms with E-state index in [2.05, 4.69) is 12.2 Å². The lowest BCUT2D eigenvalue weighted by molar-refractivity contribution is -0.131. The molecule has 0 aromatic carbocycles. The molecule has 88 valence electrons. The van der Waals surface area contributed by atoms with Crippen LogP contribution in [-0.2, 0) is 4.79 Å². The van der Waals surface area contributed by atoms with Gasteiger partial charge < -0.3 is 10.4 Å². The smallest absolute Gasteiger partial charge is 0.249 e. The van der Waals surface area contributed by atoms with Crippen molar-refractivity contribution in [3.05, 3.63) is 0 Å². The van der Waals surface area contributed by atoms with E-state index in [4.69, 9.17) is 0 Å². The van der Waals surface area contributed by atoms with E-state index in [1.165, 1.54) is 25.7 Å². The summed E-state index contributed by atoms with van der Waals surface area (Å²) < 4.78 is 0. The highest BCUT2D eigenvalue weighted by Gasteiger charge is 2.30. The van der Waals surface area contributed by atoms with E-state index in [1.54, 1.807) is 0 Å². The molecule has 0 radical (unpaired) electrons. The van der Waals surface area contributed by atoms with Gasteiger partial charge in [0.15, 0.2) is 0 Å². The number of aliphatic hydroxyl groups excluding tert-OH is 1. The number of amides is 1. The van der Waals surface area contributed by atoms with Crippen molar-refractivity contribution >= 4 is 5.91 Å². The zero-order valence-electron chi connectivity index (χ0n) is 10.0. The van der Waals surface area contributed by atoms with Crippen molar-refractivity contribution in [2.45, 2.75) is 52.6 Å². The summed E-state index contributed by atoms with van der Waals surface area (Å²) in [6.45, 7) is 6.61. The molecule has 1 amide bonds. The Morgan fingerprint density at radius 1 is 1.40 bits per heavy atom. The first kappa shape index (κ1) is 12.5. The summed E-state index contributed by atoms with van der Waals surface area (Å²) >= 11 is 0. The molecule has 3 nitrogen and oxygen atoms in total. The Labute approximate surface area is 92.3 Å². The Morgan fingerprint density at radius 3 is 2.40 bits per heavy atom. The molecule has 1 atom stereocenters. The summed E-state index contributed by atoms with van der Waals surface area (Å²) in [6.07, 6.45) is 4.03. The molecule has 3 heteroatoms. The first-order chi connectivity index (χ1) is 6.94. The number of nitrogens with one attached hydrogen (secondary N) is 1. The molecule has 0 aliphatic heterocycles. The number of hydrogen-bond donors (Lipinski definition) is 2. The molecule has 0 saturated heterocycles. The van der Waals surface area contributed by atoms with Crippen molar-refractivity contribution in [3.63, 3.8) is 0 Å². The highest BCUT2D eigenvalue weighted by atomic mass is 16.3. The van der Waals surface area contributed by atoms with Crippen LogP contribution in [0.25, 0.3) is 0 Å². The zero-order valence-corrected chi connectivity index (χ0v) is 10.0. The van der Waals surface area contributed by atoms with Gasteiger partial charge in [-0.25, -0.2) is 0 Å². The fourth-order valence-corrected chi connectivity index (χ4v) is 2.11. The number of aliphatic hydroxyl groups is 1. The second-order valence-electron chi connectivity index (χ2n) is 5.42. The molecule has 15 heavy (non-hydrogen) atoms. The molecule has 1 saturated carbocycles. The number of carbonyl (C=O) groups is 1. The van der Waals surface area contributed by atoms with Gasteiger partial charge in [0, 0.05) is 6.54 Å². The highest BCUT2D eigenvalue weighted by Crippen LogP contribution is 2.36. The molecule has 0 aromatic heterocycles. The minimum absolute atomic E-state index is 0.0126. The molecule has 2 N–H and O–H groups in total. The Kier molecular flexibility index (Phi) is 4.14. The van der Waals surface area contributed by atoms with Gasteiger partial charge in [0.25, 0.3) is 0 Å². The molecule has 0 bridgehead atoms. The van der Waals surface area contributed by atoms with Crippen molar-refractivity contribution in [2.24, 2.45) is 11.3 Å². The fraction of sp³-hybridized carbons (Fsp3) is 0.917. The van der Waals surface area contributed by atoms with E-state index in [1.807, 2.05) is 13.8 Å². The quantitative estimate of drug-likeness (QED) is 0.746. The molecule has 1 rings (SSSR count). The lowest BCUT2D eigenvalue weighted by Gasteiger charge is -2.25. The van der Waals surface area contributed by atoms with Gasteiger partial charge in [-0.2, -0.15) is 0 Å². The summed E-state index contributed by atoms with van der Waals surface area (Å²) in [6, 6.07) is 0. The summed E-state index contributed by atoms with van der Waals surface area (Å²) in [5.74, 6) is -0.237. The minimum Gasteiger partial charge on any atom is -0.383 e. The SMILES string of the molecule is CC(C)[C@H](O)C(=O)NCC1(C)CCCC1. The van der Waals surface area contributed by atoms with Crippen LogP contribution >= 0.6 is 0 Å². The standard InChI is InChI=1S/C12H23NO2/c1-9(2)10(14)11(15)13-8-12(3)6-4-5-7-12/h9-10,14H,4-8H2,1-3H3,(H,13,15)/t10-/m0/s1. The maximum absolute atomic E-state index is 11.5. The lowest BCUT2D eigenvalue weighted by Crippen LogP contribution is -2.42. The summed E-state index contributed by atoms with van der Waals surface area (Å²) in [4.78, 5) is 11.5. The second-order valence-corrected chi connectivity index (χ2v) is 5.42. The van der Waals surface area contributed by atoms with Crippen molar-refractivity contribution in [1.82, 2.24) is 5.32 Å². The molecule has 0 spiro atoms. The van der Waals surface area contributed by atoms with E-state index in [9.17, 15) is 9.90 Å². The Morgan fingerprint density at radius 2 is 1.93 bits per heavy atom. The normalized spacial score (nSPS) is 21.7. The van der Waals surface area contributed by atoms with Crippen LogP contribution in [0.1, 0.15) is 46.5 Å². The van der Waals surface area contributed by atoms with Crippen LogP contribution < -0.4 is 5.32 Å². The number of rotatable bonds is 4. The van der Waals surface area contributed by atoms with Gasteiger partial charge in [-0.3, -0.25) is 4.79 Å². The van der Waals surface area contributed by atoms with Crippen LogP contribution in [0.5, 0.6) is 0 Å². The van der Waals surface area contributed by atoms with Crippen molar-refractivity contribution in [2.75, 3.05) is 6.54 Å². The predicted molar refractivity (Wildman–Crippen MR) is 60.4 cm³/mol.